The molecule has 90 valence electrons. The predicted molar refractivity (Wildman–Crippen MR) is 68.3 cm³/mol. The first-order valence-electron chi connectivity index (χ1n) is 5.44. The molecular formula is C11H13BrN4O. The standard InChI is InChI=1S/C11H13BrN4O/c12-3-1-2-4-14-11(17)9-7-15-16-6-5-13-8-10(9)16/h5-8H,1-4H2,(H,14,17). The van der Waals surface area contributed by atoms with Crippen molar-refractivity contribution in [1.82, 2.24) is 19.9 Å². The minimum absolute atomic E-state index is 0.0948. The van der Waals surface area contributed by atoms with Crippen LogP contribution < -0.4 is 5.32 Å². The summed E-state index contributed by atoms with van der Waals surface area (Å²) in [5.74, 6) is -0.0948. The lowest BCUT2D eigenvalue weighted by Crippen LogP contribution is -2.24. The molecule has 0 fully saturated rings. The van der Waals surface area contributed by atoms with Gasteiger partial charge in [0, 0.05) is 24.3 Å². The Balaban J connectivity index is 2.04. The van der Waals surface area contributed by atoms with Crippen LogP contribution in [0, 0.1) is 0 Å². The van der Waals surface area contributed by atoms with Crippen LogP contribution in [-0.2, 0) is 0 Å². The van der Waals surface area contributed by atoms with Crippen molar-refractivity contribution in [3.8, 4) is 0 Å². The van der Waals surface area contributed by atoms with Gasteiger partial charge in [-0.15, -0.1) is 0 Å². The maximum atomic E-state index is 11.9. The van der Waals surface area contributed by atoms with Crippen molar-refractivity contribution in [3.63, 3.8) is 0 Å². The number of aromatic nitrogens is 3. The summed E-state index contributed by atoms with van der Waals surface area (Å²) in [7, 11) is 0. The van der Waals surface area contributed by atoms with E-state index in [1.165, 1.54) is 0 Å². The van der Waals surface area contributed by atoms with Crippen molar-refractivity contribution in [3.05, 3.63) is 30.4 Å². The zero-order valence-electron chi connectivity index (χ0n) is 9.27. The molecular weight excluding hydrogens is 284 g/mol. The Labute approximate surface area is 107 Å². The van der Waals surface area contributed by atoms with E-state index in [0.717, 1.165) is 23.7 Å². The van der Waals surface area contributed by atoms with Crippen molar-refractivity contribution in [1.29, 1.82) is 0 Å². The monoisotopic (exact) mass is 296 g/mol. The smallest absolute Gasteiger partial charge is 0.255 e. The molecule has 0 radical (unpaired) electrons. The second kappa shape index (κ2) is 5.77. The van der Waals surface area contributed by atoms with Crippen molar-refractivity contribution in [2.45, 2.75) is 12.8 Å². The topological polar surface area (TPSA) is 59.3 Å². The summed E-state index contributed by atoms with van der Waals surface area (Å²) in [5.41, 5.74) is 1.29. The van der Waals surface area contributed by atoms with Crippen LogP contribution in [0.15, 0.2) is 24.8 Å². The number of amides is 1. The number of carbonyl (C=O) groups excluding carboxylic acids is 1. The molecule has 2 aromatic heterocycles. The maximum absolute atomic E-state index is 11.9. The molecule has 17 heavy (non-hydrogen) atoms. The maximum Gasteiger partial charge on any atom is 0.255 e. The molecule has 6 heteroatoms. The lowest BCUT2D eigenvalue weighted by Gasteiger charge is -2.02. The second-order valence-electron chi connectivity index (χ2n) is 3.62. The van der Waals surface area contributed by atoms with Gasteiger partial charge in [0.25, 0.3) is 5.91 Å². The molecule has 0 bridgehead atoms. The summed E-state index contributed by atoms with van der Waals surface area (Å²) in [4.78, 5) is 15.9. The van der Waals surface area contributed by atoms with E-state index in [1.807, 2.05) is 0 Å². The van der Waals surface area contributed by atoms with Crippen LogP contribution in [0.1, 0.15) is 23.2 Å². The normalized spacial score (nSPS) is 10.6. The van der Waals surface area contributed by atoms with Crippen LogP contribution in [0.2, 0.25) is 0 Å². The van der Waals surface area contributed by atoms with Gasteiger partial charge in [0.05, 0.1) is 23.5 Å². The number of carbonyl (C=O) groups is 1. The number of nitrogens with one attached hydrogen (secondary N) is 1. The van der Waals surface area contributed by atoms with Gasteiger partial charge in [-0.25, -0.2) is 4.52 Å². The third kappa shape index (κ3) is 2.82. The summed E-state index contributed by atoms with van der Waals surface area (Å²) >= 11 is 3.35. The van der Waals surface area contributed by atoms with Gasteiger partial charge in [0.15, 0.2) is 0 Å². The molecule has 5 nitrogen and oxygen atoms in total. The van der Waals surface area contributed by atoms with Crippen molar-refractivity contribution in [2.75, 3.05) is 11.9 Å². The Bertz CT molecular complexity index is 511. The van der Waals surface area contributed by atoms with Gasteiger partial charge in [0.2, 0.25) is 0 Å². The molecule has 1 N–H and O–H groups in total. The largest absolute Gasteiger partial charge is 0.352 e. The predicted octanol–water partition coefficient (Wildman–Crippen LogP) is 1.63. The quantitative estimate of drug-likeness (QED) is 0.674. The molecule has 0 aromatic carbocycles. The third-order valence-corrected chi connectivity index (χ3v) is 2.98. The number of rotatable bonds is 5. The van der Waals surface area contributed by atoms with Gasteiger partial charge in [-0.05, 0) is 12.8 Å². The van der Waals surface area contributed by atoms with E-state index in [-0.39, 0.29) is 5.91 Å². The molecule has 0 saturated carbocycles. The van der Waals surface area contributed by atoms with Crippen LogP contribution in [0.3, 0.4) is 0 Å². The van der Waals surface area contributed by atoms with Gasteiger partial charge in [-0.1, -0.05) is 15.9 Å². The number of hydrogen-bond donors (Lipinski definition) is 1. The van der Waals surface area contributed by atoms with Crippen LogP contribution in [0.4, 0.5) is 0 Å². The summed E-state index contributed by atoms with van der Waals surface area (Å²) in [6.45, 7) is 0.683. The van der Waals surface area contributed by atoms with Gasteiger partial charge < -0.3 is 5.32 Å². The molecule has 0 saturated heterocycles. The summed E-state index contributed by atoms with van der Waals surface area (Å²) < 4.78 is 1.64. The molecule has 0 atom stereocenters. The highest BCUT2D eigenvalue weighted by molar-refractivity contribution is 9.09. The van der Waals surface area contributed by atoms with E-state index in [9.17, 15) is 4.79 Å². The number of alkyl halides is 1. The van der Waals surface area contributed by atoms with E-state index in [1.54, 1.807) is 29.3 Å². The first-order chi connectivity index (χ1) is 8.33. The summed E-state index contributed by atoms with van der Waals surface area (Å²) in [5, 5.41) is 7.93. The van der Waals surface area contributed by atoms with Crippen LogP contribution >= 0.6 is 15.9 Å². The Morgan fingerprint density at radius 1 is 1.41 bits per heavy atom. The fourth-order valence-electron chi connectivity index (χ4n) is 1.53. The zero-order chi connectivity index (χ0) is 12.1. The average molecular weight is 297 g/mol. The number of halogens is 1. The lowest BCUT2D eigenvalue weighted by molar-refractivity contribution is 0.0955. The molecule has 0 unspecified atom stereocenters. The highest BCUT2D eigenvalue weighted by atomic mass is 79.9. The average Bonchev–Trinajstić information content (AvgIpc) is 2.78. The zero-order valence-corrected chi connectivity index (χ0v) is 10.9. The Kier molecular flexibility index (Phi) is 4.08. The summed E-state index contributed by atoms with van der Waals surface area (Å²) in [6.07, 6.45) is 8.58. The molecule has 0 aliphatic heterocycles. The van der Waals surface area contributed by atoms with Gasteiger partial charge in [0.1, 0.15) is 0 Å². The Morgan fingerprint density at radius 3 is 3.12 bits per heavy atom. The van der Waals surface area contributed by atoms with Gasteiger partial charge in [-0.2, -0.15) is 5.10 Å². The molecule has 2 heterocycles. The van der Waals surface area contributed by atoms with Crippen molar-refractivity contribution in [2.24, 2.45) is 0 Å². The van der Waals surface area contributed by atoms with Crippen molar-refractivity contribution >= 4 is 27.4 Å². The third-order valence-electron chi connectivity index (χ3n) is 2.42. The number of nitrogens with zero attached hydrogens (tertiary/aromatic N) is 3. The number of hydrogen-bond acceptors (Lipinski definition) is 3. The van der Waals surface area contributed by atoms with Crippen LogP contribution in [0.25, 0.3) is 5.52 Å². The second-order valence-corrected chi connectivity index (χ2v) is 4.41. The first kappa shape index (κ1) is 12.0. The van der Waals surface area contributed by atoms with Gasteiger partial charge in [-0.3, -0.25) is 9.78 Å². The SMILES string of the molecule is O=C(NCCCCBr)c1cnn2ccncc12. The first-order valence-corrected chi connectivity index (χ1v) is 6.56. The van der Waals surface area contributed by atoms with E-state index in [0.29, 0.717) is 12.1 Å². The summed E-state index contributed by atoms with van der Waals surface area (Å²) in [6, 6.07) is 0. The fourth-order valence-corrected chi connectivity index (χ4v) is 1.92. The van der Waals surface area contributed by atoms with Crippen LogP contribution in [0.5, 0.6) is 0 Å². The highest BCUT2D eigenvalue weighted by Crippen LogP contribution is 2.08. The van der Waals surface area contributed by atoms with E-state index < -0.39 is 0 Å². The van der Waals surface area contributed by atoms with E-state index in [2.05, 4.69) is 31.3 Å². The molecule has 2 aromatic rings. The number of fused-ring (bicyclic) bond motifs is 1. The Morgan fingerprint density at radius 2 is 2.29 bits per heavy atom. The van der Waals surface area contributed by atoms with Crippen molar-refractivity contribution < 1.29 is 4.79 Å². The molecule has 0 aliphatic carbocycles. The molecule has 2 rings (SSSR count). The van der Waals surface area contributed by atoms with Gasteiger partial charge >= 0.3 is 0 Å². The minimum Gasteiger partial charge on any atom is -0.352 e. The molecule has 0 spiro atoms. The number of unbranched alkanes of at least 4 members (excludes halogenated alkanes) is 1. The lowest BCUT2D eigenvalue weighted by atomic mass is 10.2. The highest BCUT2D eigenvalue weighted by Gasteiger charge is 2.11. The molecule has 1 amide bonds. The fraction of sp³-hybridized carbons (Fsp3) is 0.364. The van der Waals surface area contributed by atoms with E-state index in [4.69, 9.17) is 0 Å². The van der Waals surface area contributed by atoms with E-state index >= 15 is 0 Å². The van der Waals surface area contributed by atoms with Crippen LogP contribution in [-0.4, -0.2) is 32.4 Å². The molecule has 0 aliphatic rings. The Hall–Kier alpha value is -1.43. The minimum atomic E-state index is -0.0948.